The molecule has 0 saturated heterocycles. The van der Waals surface area contributed by atoms with Crippen molar-refractivity contribution in [1.82, 2.24) is 24.6 Å². The second kappa shape index (κ2) is 15.2. The van der Waals surface area contributed by atoms with Crippen LogP contribution in [0.5, 0.6) is 0 Å². The van der Waals surface area contributed by atoms with Crippen molar-refractivity contribution in [2.45, 2.75) is 65.8 Å². The van der Waals surface area contributed by atoms with E-state index < -0.39 is 23.1 Å². The molecule has 0 aliphatic carbocycles. The van der Waals surface area contributed by atoms with Crippen LogP contribution >= 0.6 is 0 Å². The van der Waals surface area contributed by atoms with E-state index >= 15 is 0 Å². The third kappa shape index (κ3) is 13.9. The molecule has 2 bridgehead atoms. The van der Waals surface area contributed by atoms with Crippen LogP contribution in [0.15, 0.2) is 18.2 Å². The average molecular weight is 578 g/mol. The Labute approximate surface area is 243 Å². The van der Waals surface area contributed by atoms with Crippen LogP contribution in [-0.4, -0.2) is 126 Å². The number of carbonyl (C=O) groups is 4. The lowest BCUT2D eigenvalue weighted by atomic mass is 10.2. The summed E-state index contributed by atoms with van der Waals surface area (Å²) in [5.74, 6) is -1.34. The molecular formula is C29H47N5O7. The summed E-state index contributed by atoms with van der Waals surface area (Å²) in [6.07, 6.45) is 0. The summed E-state index contributed by atoms with van der Waals surface area (Å²) in [4.78, 5) is 61.5. The quantitative estimate of drug-likeness (QED) is 0.418. The lowest BCUT2D eigenvalue weighted by Crippen LogP contribution is -2.43. The first kappa shape index (κ1) is 34.1. The molecule has 230 valence electrons. The molecule has 0 N–H and O–H groups in total. The van der Waals surface area contributed by atoms with Gasteiger partial charge in [0.2, 0.25) is 11.8 Å². The molecule has 2 amide bonds. The number of hydrogen-bond acceptors (Lipinski definition) is 10. The summed E-state index contributed by atoms with van der Waals surface area (Å²) < 4.78 is 16.5. The first-order chi connectivity index (χ1) is 19.0. The maximum Gasteiger partial charge on any atom is 0.326 e. The van der Waals surface area contributed by atoms with Gasteiger partial charge in [0, 0.05) is 40.3 Å². The normalized spacial score (nSPS) is 15.7. The Morgan fingerprint density at radius 3 is 1.54 bits per heavy atom. The van der Waals surface area contributed by atoms with Crippen LogP contribution in [0.1, 0.15) is 52.9 Å². The van der Waals surface area contributed by atoms with E-state index in [1.807, 2.05) is 28.0 Å². The van der Waals surface area contributed by atoms with Crippen molar-refractivity contribution >= 4 is 23.8 Å². The largest absolute Gasteiger partial charge is 0.459 e. The van der Waals surface area contributed by atoms with E-state index in [1.54, 1.807) is 55.6 Å². The zero-order valence-corrected chi connectivity index (χ0v) is 25.9. The van der Waals surface area contributed by atoms with Gasteiger partial charge in [-0.05, 0) is 53.7 Å². The van der Waals surface area contributed by atoms with Gasteiger partial charge in [-0.25, -0.2) is 0 Å². The molecule has 0 aromatic carbocycles. The molecule has 2 heterocycles. The van der Waals surface area contributed by atoms with Gasteiger partial charge in [-0.15, -0.1) is 0 Å². The zero-order chi connectivity index (χ0) is 30.8. The number of rotatable bonds is 8. The fourth-order valence-electron chi connectivity index (χ4n) is 4.02. The summed E-state index contributed by atoms with van der Waals surface area (Å²) in [5, 5.41) is 0. The molecule has 0 atom stereocenters. The smallest absolute Gasteiger partial charge is 0.326 e. The molecule has 1 aliphatic rings. The van der Waals surface area contributed by atoms with Gasteiger partial charge < -0.3 is 24.0 Å². The van der Waals surface area contributed by atoms with Crippen molar-refractivity contribution in [2.75, 3.05) is 66.6 Å². The summed E-state index contributed by atoms with van der Waals surface area (Å²) in [6.45, 7) is 13.2. The number of fused-ring (bicyclic) bond motifs is 2. The monoisotopic (exact) mass is 577 g/mol. The Bertz CT molecular complexity index is 973. The van der Waals surface area contributed by atoms with Gasteiger partial charge >= 0.3 is 11.9 Å². The third-order valence-electron chi connectivity index (χ3n) is 5.88. The summed E-state index contributed by atoms with van der Waals surface area (Å²) >= 11 is 0. The first-order valence-corrected chi connectivity index (χ1v) is 13.9. The van der Waals surface area contributed by atoms with E-state index in [0.29, 0.717) is 39.4 Å². The van der Waals surface area contributed by atoms with Gasteiger partial charge in [0.15, 0.2) is 0 Å². The molecule has 12 heteroatoms. The van der Waals surface area contributed by atoms with Crippen molar-refractivity contribution in [3.05, 3.63) is 29.6 Å². The third-order valence-corrected chi connectivity index (χ3v) is 5.88. The SMILES string of the molecule is CN(CC(=O)OC(C)(C)C)C(=O)CN1CCOCCN(CC(=O)N(C)CC(=O)OC(C)(C)C)Cc2cccc(n2)C1. The standard InChI is InChI=1S/C29H47N5O7/c1-28(2,3)40-26(37)20-31(7)24(35)18-33-12-14-39-15-13-34(17-23-11-9-10-22(16-33)30-23)19-25(36)32(8)21-27(38)41-29(4,5)6/h9-11H,12-21H2,1-8H3. The predicted molar refractivity (Wildman–Crippen MR) is 153 cm³/mol. The number of nitrogens with zero attached hydrogens (tertiary/aromatic N) is 5. The molecule has 1 aliphatic heterocycles. The lowest BCUT2D eigenvalue weighted by molar-refractivity contribution is -0.158. The van der Waals surface area contributed by atoms with Gasteiger partial charge in [-0.3, -0.25) is 34.0 Å². The van der Waals surface area contributed by atoms with Crippen LogP contribution in [-0.2, 0) is 46.5 Å². The number of ether oxygens (including phenoxy) is 3. The number of aromatic nitrogens is 1. The minimum Gasteiger partial charge on any atom is -0.459 e. The highest BCUT2D eigenvalue weighted by Gasteiger charge is 2.24. The minimum atomic E-state index is -0.620. The van der Waals surface area contributed by atoms with Crippen molar-refractivity contribution in [2.24, 2.45) is 0 Å². The predicted octanol–water partition coefficient (Wildman–Crippen LogP) is 1.32. The van der Waals surface area contributed by atoms with E-state index in [2.05, 4.69) is 0 Å². The van der Waals surface area contributed by atoms with Crippen LogP contribution in [0.25, 0.3) is 0 Å². The molecule has 0 fully saturated rings. The number of hydrogen-bond donors (Lipinski definition) is 0. The van der Waals surface area contributed by atoms with Crippen LogP contribution in [0.3, 0.4) is 0 Å². The van der Waals surface area contributed by atoms with E-state index in [9.17, 15) is 19.2 Å². The second-order valence-corrected chi connectivity index (χ2v) is 12.3. The van der Waals surface area contributed by atoms with E-state index in [4.69, 9.17) is 19.2 Å². The van der Waals surface area contributed by atoms with Crippen molar-refractivity contribution in [3.63, 3.8) is 0 Å². The molecule has 41 heavy (non-hydrogen) atoms. The second-order valence-electron chi connectivity index (χ2n) is 12.3. The molecule has 0 radical (unpaired) electrons. The number of pyridine rings is 1. The summed E-state index contributed by atoms with van der Waals surface area (Å²) in [5.41, 5.74) is 0.313. The van der Waals surface area contributed by atoms with E-state index in [0.717, 1.165) is 11.4 Å². The minimum absolute atomic E-state index is 0.0964. The van der Waals surface area contributed by atoms with Crippen LogP contribution in [0.2, 0.25) is 0 Å². The van der Waals surface area contributed by atoms with Gasteiger partial charge in [0.1, 0.15) is 24.3 Å². The molecule has 0 saturated carbocycles. The van der Waals surface area contributed by atoms with Gasteiger partial charge in [0.05, 0.1) is 37.7 Å². The van der Waals surface area contributed by atoms with Crippen LogP contribution in [0, 0.1) is 0 Å². The molecule has 2 rings (SSSR count). The van der Waals surface area contributed by atoms with E-state index in [-0.39, 0.29) is 38.0 Å². The fourth-order valence-corrected chi connectivity index (χ4v) is 4.02. The molecule has 1 aromatic rings. The Kier molecular flexibility index (Phi) is 12.7. The molecule has 0 spiro atoms. The highest BCUT2D eigenvalue weighted by atomic mass is 16.6. The first-order valence-electron chi connectivity index (χ1n) is 13.9. The maximum absolute atomic E-state index is 12.9. The Morgan fingerprint density at radius 2 is 1.17 bits per heavy atom. The maximum atomic E-state index is 12.9. The number of esters is 2. The molecular weight excluding hydrogens is 530 g/mol. The lowest BCUT2D eigenvalue weighted by Gasteiger charge is -2.28. The van der Waals surface area contributed by atoms with Gasteiger partial charge in [0.25, 0.3) is 0 Å². The van der Waals surface area contributed by atoms with Gasteiger partial charge in [-0.1, -0.05) is 6.07 Å². The molecule has 12 nitrogen and oxygen atoms in total. The Morgan fingerprint density at radius 1 is 0.780 bits per heavy atom. The highest BCUT2D eigenvalue weighted by Crippen LogP contribution is 2.11. The van der Waals surface area contributed by atoms with E-state index in [1.165, 1.54) is 9.80 Å². The van der Waals surface area contributed by atoms with Crippen molar-refractivity contribution < 1.29 is 33.4 Å². The number of amides is 2. The average Bonchev–Trinajstić information content (AvgIpc) is 2.80. The fraction of sp³-hybridized carbons (Fsp3) is 0.690. The summed E-state index contributed by atoms with van der Waals surface area (Å²) in [7, 11) is 3.16. The zero-order valence-electron chi connectivity index (χ0n) is 25.9. The Balaban J connectivity index is 2.02. The summed E-state index contributed by atoms with van der Waals surface area (Å²) in [6, 6.07) is 5.69. The number of likely N-dealkylation sites (N-methyl/N-ethyl adjacent to an activating group) is 2. The van der Waals surface area contributed by atoms with Crippen molar-refractivity contribution in [1.29, 1.82) is 0 Å². The number of carbonyl (C=O) groups excluding carboxylic acids is 4. The molecule has 1 aromatic heterocycles. The van der Waals surface area contributed by atoms with Crippen LogP contribution < -0.4 is 0 Å². The topological polar surface area (TPSA) is 122 Å². The van der Waals surface area contributed by atoms with Crippen molar-refractivity contribution in [3.8, 4) is 0 Å². The van der Waals surface area contributed by atoms with Gasteiger partial charge in [-0.2, -0.15) is 0 Å². The molecule has 0 unspecified atom stereocenters. The highest BCUT2D eigenvalue weighted by molar-refractivity contribution is 5.83. The Hall–Kier alpha value is -3.09. The van der Waals surface area contributed by atoms with Crippen LogP contribution in [0.4, 0.5) is 0 Å².